The maximum absolute atomic E-state index is 11.2. The molecule has 116 valence electrons. The van der Waals surface area contributed by atoms with Crippen LogP contribution in [0.15, 0.2) is 24.3 Å². The van der Waals surface area contributed by atoms with E-state index in [1.165, 1.54) is 31.2 Å². The Morgan fingerprint density at radius 1 is 1.38 bits per heavy atom. The van der Waals surface area contributed by atoms with Gasteiger partial charge in [-0.2, -0.15) is 11.8 Å². The average molecular weight is 306 g/mol. The lowest BCUT2D eigenvalue weighted by atomic mass is 9.93. The summed E-state index contributed by atoms with van der Waals surface area (Å²) in [7, 11) is 0. The minimum Gasteiger partial charge on any atom is -0.326 e. The van der Waals surface area contributed by atoms with Crippen molar-refractivity contribution in [3.63, 3.8) is 0 Å². The van der Waals surface area contributed by atoms with Crippen molar-refractivity contribution in [3.8, 4) is 0 Å². The molecule has 0 bridgehead atoms. The molecular weight excluding hydrogens is 280 g/mol. The molecule has 21 heavy (non-hydrogen) atoms. The van der Waals surface area contributed by atoms with E-state index >= 15 is 0 Å². The number of nitrogens with one attached hydrogen (secondary N) is 2. The summed E-state index contributed by atoms with van der Waals surface area (Å²) in [6, 6.07) is 9.04. The van der Waals surface area contributed by atoms with Crippen molar-refractivity contribution in [3.05, 3.63) is 29.8 Å². The van der Waals surface area contributed by atoms with Crippen LogP contribution in [0.1, 0.15) is 51.1 Å². The Balaban J connectivity index is 1.96. The number of carbonyl (C=O) groups excluding carboxylic acids is 1. The summed E-state index contributed by atoms with van der Waals surface area (Å²) >= 11 is 1.99. The fourth-order valence-corrected chi connectivity index (χ4v) is 3.88. The molecule has 0 saturated heterocycles. The van der Waals surface area contributed by atoms with Crippen molar-refractivity contribution in [1.82, 2.24) is 5.32 Å². The third-order valence-corrected chi connectivity index (χ3v) is 5.25. The van der Waals surface area contributed by atoms with Crippen molar-refractivity contribution >= 4 is 23.4 Å². The lowest BCUT2D eigenvalue weighted by Gasteiger charge is -2.31. The minimum absolute atomic E-state index is 0.0251. The predicted molar refractivity (Wildman–Crippen MR) is 91.9 cm³/mol. The molecule has 3 unspecified atom stereocenters. The van der Waals surface area contributed by atoms with Gasteiger partial charge < -0.3 is 10.6 Å². The number of carbonyl (C=O) groups is 1. The number of amides is 1. The molecule has 1 amide bonds. The van der Waals surface area contributed by atoms with Crippen LogP contribution in [-0.2, 0) is 4.79 Å². The Morgan fingerprint density at radius 2 is 2.19 bits per heavy atom. The first-order valence-corrected chi connectivity index (χ1v) is 9.03. The summed E-state index contributed by atoms with van der Waals surface area (Å²) in [5.74, 6) is -0.0251. The normalized spacial score (nSPS) is 23.6. The summed E-state index contributed by atoms with van der Waals surface area (Å²) in [4.78, 5) is 11.2. The Hall–Kier alpha value is -1.00. The van der Waals surface area contributed by atoms with Gasteiger partial charge >= 0.3 is 0 Å². The van der Waals surface area contributed by atoms with Gasteiger partial charge in [-0.25, -0.2) is 0 Å². The number of benzene rings is 1. The van der Waals surface area contributed by atoms with E-state index in [4.69, 9.17) is 0 Å². The second-order valence-corrected chi connectivity index (χ2v) is 7.05. The van der Waals surface area contributed by atoms with Crippen LogP contribution in [0.2, 0.25) is 0 Å². The van der Waals surface area contributed by atoms with Gasteiger partial charge in [-0.1, -0.05) is 18.6 Å². The van der Waals surface area contributed by atoms with E-state index in [2.05, 4.69) is 35.9 Å². The van der Waals surface area contributed by atoms with Gasteiger partial charge in [-0.3, -0.25) is 4.79 Å². The highest BCUT2D eigenvalue weighted by molar-refractivity contribution is 7.99. The summed E-state index contributed by atoms with van der Waals surface area (Å²) in [5.41, 5.74) is 2.10. The van der Waals surface area contributed by atoms with E-state index in [0.717, 1.165) is 10.9 Å². The second kappa shape index (κ2) is 7.85. The highest BCUT2D eigenvalue weighted by atomic mass is 32.2. The first kappa shape index (κ1) is 16.4. The topological polar surface area (TPSA) is 41.1 Å². The van der Waals surface area contributed by atoms with Gasteiger partial charge in [0.2, 0.25) is 5.91 Å². The molecule has 3 atom stereocenters. The molecule has 0 aliphatic heterocycles. The predicted octanol–water partition coefficient (Wildman–Crippen LogP) is 3.97. The Kier molecular flexibility index (Phi) is 6.12. The van der Waals surface area contributed by atoms with Gasteiger partial charge in [0.1, 0.15) is 0 Å². The summed E-state index contributed by atoms with van der Waals surface area (Å²) in [6.07, 6.45) is 7.42. The first-order chi connectivity index (χ1) is 10.1. The average Bonchev–Trinajstić information content (AvgIpc) is 2.47. The van der Waals surface area contributed by atoms with E-state index in [-0.39, 0.29) is 5.91 Å². The molecule has 1 aromatic rings. The molecule has 1 fully saturated rings. The molecule has 2 rings (SSSR count). The van der Waals surface area contributed by atoms with Crippen molar-refractivity contribution in [2.75, 3.05) is 11.6 Å². The van der Waals surface area contributed by atoms with Gasteiger partial charge in [0.15, 0.2) is 0 Å². The van der Waals surface area contributed by atoms with E-state index < -0.39 is 0 Å². The molecule has 1 saturated carbocycles. The number of anilines is 1. The third-order valence-electron chi connectivity index (χ3n) is 4.15. The maximum Gasteiger partial charge on any atom is 0.221 e. The summed E-state index contributed by atoms with van der Waals surface area (Å²) < 4.78 is 0. The lowest BCUT2D eigenvalue weighted by molar-refractivity contribution is -0.114. The summed E-state index contributed by atoms with van der Waals surface area (Å²) in [5, 5.41) is 7.40. The number of rotatable bonds is 5. The quantitative estimate of drug-likeness (QED) is 0.865. The van der Waals surface area contributed by atoms with Gasteiger partial charge in [-0.05, 0) is 50.1 Å². The van der Waals surface area contributed by atoms with Crippen LogP contribution in [-0.4, -0.2) is 23.5 Å². The van der Waals surface area contributed by atoms with Gasteiger partial charge in [0.05, 0.1) is 0 Å². The lowest BCUT2D eigenvalue weighted by Crippen LogP contribution is -2.36. The molecule has 0 spiro atoms. The van der Waals surface area contributed by atoms with Crippen molar-refractivity contribution in [2.45, 2.75) is 56.9 Å². The number of hydrogen-bond donors (Lipinski definition) is 2. The summed E-state index contributed by atoms with van der Waals surface area (Å²) in [6.45, 7) is 3.74. The smallest absolute Gasteiger partial charge is 0.221 e. The van der Waals surface area contributed by atoms with Crippen LogP contribution in [0, 0.1) is 0 Å². The van der Waals surface area contributed by atoms with E-state index in [0.29, 0.717) is 12.1 Å². The first-order valence-electron chi connectivity index (χ1n) is 7.75. The minimum atomic E-state index is -0.0251. The molecule has 3 nitrogen and oxygen atoms in total. The molecule has 1 aliphatic carbocycles. The Bertz CT molecular complexity index is 478. The fourth-order valence-electron chi connectivity index (χ4n) is 3.05. The molecule has 2 N–H and O–H groups in total. The number of hydrogen-bond acceptors (Lipinski definition) is 3. The van der Waals surface area contributed by atoms with Crippen molar-refractivity contribution < 1.29 is 4.79 Å². The van der Waals surface area contributed by atoms with Crippen LogP contribution < -0.4 is 10.6 Å². The van der Waals surface area contributed by atoms with Crippen LogP contribution in [0.5, 0.6) is 0 Å². The van der Waals surface area contributed by atoms with Gasteiger partial charge in [0.25, 0.3) is 0 Å². The molecular formula is C17H26N2OS. The Labute approximate surface area is 132 Å². The standard InChI is InChI=1S/C17H26N2OS/c1-12(18-16-8-5-9-17(11-16)21-3)14-6-4-7-15(10-14)19-13(2)20/h4,6-7,10,12,16-18H,5,8-9,11H2,1-3H3,(H,19,20). The molecule has 1 aromatic carbocycles. The zero-order valence-corrected chi connectivity index (χ0v) is 14.0. The molecule has 0 heterocycles. The van der Waals surface area contributed by atoms with Crippen molar-refractivity contribution in [2.24, 2.45) is 0 Å². The van der Waals surface area contributed by atoms with E-state index in [9.17, 15) is 4.79 Å². The molecule has 1 aliphatic rings. The largest absolute Gasteiger partial charge is 0.326 e. The molecule has 0 radical (unpaired) electrons. The van der Waals surface area contributed by atoms with Crippen molar-refractivity contribution in [1.29, 1.82) is 0 Å². The maximum atomic E-state index is 11.2. The molecule has 4 heteroatoms. The number of thioether (sulfide) groups is 1. The Morgan fingerprint density at radius 3 is 2.90 bits per heavy atom. The third kappa shape index (κ3) is 5.04. The fraction of sp³-hybridized carbons (Fsp3) is 0.588. The van der Waals surface area contributed by atoms with Crippen LogP contribution in [0.4, 0.5) is 5.69 Å². The zero-order valence-electron chi connectivity index (χ0n) is 13.2. The van der Waals surface area contributed by atoms with Gasteiger partial charge in [-0.15, -0.1) is 0 Å². The molecule has 0 aromatic heterocycles. The zero-order chi connectivity index (χ0) is 15.2. The van der Waals surface area contributed by atoms with Crippen LogP contribution in [0.25, 0.3) is 0 Å². The monoisotopic (exact) mass is 306 g/mol. The van der Waals surface area contributed by atoms with Crippen LogP contribution >= 0.6 is 11.8 Å². The SMILES string of the molecule is CSC1CCCC(NC(C)c2cccc(NC(C)=O)c2)C1. The van der Waals surface area contributed by atoms with Gasteiger partial charge in [0, 0.05) is 29.9 Å². The highest BCUT2D eigenvalue weighted by Gasteiger charge is 2.22. The second-order valence-electron chi connectivity index (χ2n) is 5.92. The van der Waals surface area contributed by atoms with E-state index in [1.54, 1.807) is 6.92 Å². The highest BCUT2D eigenvalue weighted by Crippen LogP contribution is 2.28. The van der Waals surface area contributed by atoms with Crippen LogP contribution in [0.3, 0.4) is 0 Å². The van der Waals surface area contributed by atoms with E-state index in [1.807, 2.05) is 23.9 Å².